The summed E-state index contributed by atoms with van der Waals surface area (Å²) in [6, 6.07) is 9.40. The summed E-state index contributed by atoms with van der Waals surface area (Å²) in [5.74, 6) is -2.69. The molecule has 0 N–H and O–H groups in total. The lowest BCUT2D eigenvalue weighted by Gasteiger charge is -2.20. The highest BCUT2D eigenvalue weighted by atomic mass is 19.3. The van der Waals surface area contributed by atoms with Crippen molar-refractivity contribution in [2.75, 3.05) is 6.61 Å². The lowest BCUT2D eigenvalue weighted by Crippen LogP contribution is -2.26. The van der Waals surface area contributed by atoms with E-state index in [4.69, 9.17) is 4.74 Å². The molecule has 1 aliphatic carbocycles. The molecule has 17 heavy (non-hydrogen) atoms. The van der Waals surface area contributed by atoms with Crippen LogP contribution in [0, 0.1) is 5.41 Å². The first-order valence-corrected chi connectivity index (χ1v) is 5.99. The van der Waals surface area contributed by atoms with E-state index in [-0.39, 0.29) is 18.4 Å². The first-order valence-electron chi connectivity index (χ1n) is 5.99. The smallest absolute Gasteiger partial charge is 0.271 e. The van der Waals surface area contributed by atoms with Crippen LogP contribution in [0.3, 0.4) is 0 Å². The molecule has 0 spiro atoms. The molecule has 1 fully saturated rings. The summed E-state index contributed by atoms with van der Waals surface area (Å²) < 4.78 is 32.2. The molecule has 2 rings (SSSR count). The average molecular weight is 240 g/mol. The zero-order chi connectivity index (χ0) is 12.4. The van der Waals surface area contributed by atoms with E-state index in [1.54, 1.807) is 0 Å². The van der Waals surface area contributed by atoms with Gasteiger partial charge in [-0.3, -0.25) is 0 Å². The first kappa shape index (κ1) is 12.5. The van der Waals surface area contributed by atoms with Gasteiger partial charge in [-0.25, -0.2) is 8.78 Å². The Morgan fingerprint density at radius 2 is 1.88 bits per heavy atom. The third kappa shape index (κ3) is 4.08. The van der Waals surface area contributed by atoms with Gasteiger partial charge in [0, 0.05) is 6.42 Å². The summed E-state index contributed by atoms with van der Waals surface area (Å²) in [5, 5.41) is 0. The highest BCUT2D eigenvalue weighted by Crippen LogP contribution is 2.51. The lowest BCUT2D eigenvalue weighted by atomic mass is 10.0. The fourth-order valence-electron chi connectivity index (χ4n) is 1.96. The number of ether oxygens (including phenoxy) is 1. The molecule has 0 atom stereocenters. The molecule has 0 unspecified atom stereocenters. The van der Waals surface area contributed by atoms with E-state index < -0.39 is 12.5 Å². The number of benzene rings is 1. The number of alkyl halides is 2. The zero-order valence-electron chi connectivity index (χ0n) is 10.1. The molecular formula is C14H18F2O. The van der Waals surface area contributed by atoms with Crippen molar-refractivity contribution in [3.63, 3.8) is 0 Å². The van der Waals surface area contributed by atoms with E-state index in [0.717, 1.165) is 18.4 Å². The Labute approximate surface area is 101 Å². The molecule has 94 valence electrons. The fraction of sp³-hybridized carbons (Fsp3) is 0.571. The second-order valence-electron chi connectivity index (χ2n) is 5.32. The van der Waals surface area contributed by atoms with Crippen LogP contribution in [0.1, 0.15) is 31.7 Å². The first-order chi connectivity index (χ1) is 7.99. The largest absolute Gasteiger partial charge is 0.371 e. The monoisotopic (exact) mass is 240 g/mol. The van der Waals surface area contributed by atoms with Crippen LogP contribution >= 0.6 is 0 Å². The highest BCUT2D eigenvalue weighted by molar-refractivity contribution is 5.13. The molecule has 0 bridgehead atoms. The van der Waals surface area contributed by atoms with Crippen LogP contribution in [0.15, 0.2) is 30.3 Å². The minimum absolute atomic E-state index is 0.0468. The predicted octanol–water partition coefficient (Wildman–Crippen LogP) is 4.03. The summed E-state index contributed by atoms with van der Waals surface area (Å²) in [6.45, 7) is 1.70. The van der Waals surface area contributed by atoms with Gasteiger partial charge in [0.25, 0.3) is 5.92 Å². The normalized spacial score (nSPS) is 18.1. The summed E-state index contributed by atoms with van der Waals surface area (Å²) in [5.41, 5.74) is 0.792. The number of rotatable bonds is 6. The third-order valence-corrected chi connectivity index (χ3v) is 3.21. The van der Waals surface area contributed by atoms with Crippen molar-refractivity contribution in [1.29, 1.82) is 0 Å². The molecule has 1 aliphatic rings. The summed E-state index contributed by atoms with van der Waals surface area (Å²) >= 11 is 0. The molecule has 1 aromatic rings. The second kappa shape index (κ2) is 4.73. The Kier molecular flexibility index (Phi) is 3.48. The van der Waals surface area contributed by atoms with Gasteiger partial charge in [0.2, 0.25) is 0 Å². The zero-order valence-corrected chi connectivity index (χ0v) is 10.1. The SMILES string of the molecule is CC1(CC(F)(F)COCc2ccccc2)CC1. The molecule has 1 aromatic carbocycles. The number of hydrogen-bond donors (Lipinski definition) is 0. The van der Waals surface area contributed by atoms with E-state index in [0.29, 0.717) is 0 Å². The minimum Gasteiger partial charge on any atom is -0.371 e. The molecular weight excluding hydrogens is 222 g/mol. The fourth-order valence-corrected chi connectivity index (χ4v) is 1.96. The maximum absolute atomic E-state index is 13.5. The van der Waals surface area contributed by atoms with Crippen LogP contribution in [0.2, 0.25) is 0 Å². The molecule has 0 radical (unpaired) electrons. The number of hydrogen-bond acceptors (Lipinski definition) is 1. The van der Waals surface area contributed by atoms with Gasteiger partial charge in [0.1, 0.15) is 6.61 Å². The standard InChI is InChI=1S/C14H18F2O/c1-13(7-8-13)10-14(15,16)11-17-9-12-5-3-2-4-6-12/h2-6H,7-11H2,1H3. The van der Waals surface area contributed by atoms with Gasteiger partial charge >= 0.3 is 0 Å². The minimum atomic E-state index is -2.69. The van der Waals surface area contributed by atoms with Crippen LogP contribution in [-0.4, -0.2) is 12.5 Å². The predicted molar refractivity (Wildman–Crippen MR) is 63.0 cm³/mol. The molecule has 0 heterocycles. The Balaban J connectivity index is 1.74. The maximum atomic E-state index is 13.5. The van der Waals surface area contributed by atoms with Crippen LogP contribution in [-0.2, 0) is 11.3 Å². The Bertz CT molecular complexity index is 358. The molecule has 0 aromatic heterocycles. The Hall–Kier alpha value is -0.960. The van der Waals surface area contributed by atoms with Gasteiger partial charge in [0.05, 0.1) is 6.61 Å². The van der Waals surface area contributed by atoms with Crippen LogP contribution in [0.25, 0.3) is 0 Å². The average Bonchev–Trinajstić information content (AvgIpc) is 2.96. The molecule has 0 aliphatic heterocycles. The summed E-state index contributed by atoms with van der Waals surface area (Å²) in [4.78, 5) is 0. The molecule has 1 nitrogen and oxygen atoms in total. The summed E-state index contributed by atoms with van der Waals surface area (Å²) in [6.07, 6.45) is 1.79. The van der Waals surface area contributed by atoms with Crippen molar-refractivity contribution in [3.05, 3.63) is 35.9 Å². The van der Waals surface area contributed by atoms with Gasteiger partial charge in [-0.1, -0.05) is 37.3 Å². The third-order valence-electron chi connectivity index (χ3n) is 3.21. The molecule has 0 amide bonds. The molecule has 3 heteroatoms. The van der Waals surface area contributed by atoms with Gasteiger partial charge < -0.3 is 4.74 Å². The highest BCUT2D eigenvalue weighted by Gasteiger charge is 2.46. The van der Waals surface area contributed by atoms with Gasteiger partial charge in [-0.15, -0.1) is 0 Å². The Morgan fingerprint density at radius 1 is 1.24 bits per heavy atom. The van der Waals surface area contributed by atoms with Crippen LogP contribution in [0.4, 0.5) is 8.78 Å². The van der Waals surface area contributed by atoms with E-state index in [1.807, 2.05) is 37.3 Å². The van der Waals surface area contributed by atoms with E-state index in [9.17, 15) is 8.78 Å². The van der Waals surface area contributed by atoms with Gasteiger partial charge in [0.15, 0.2) is 0 Å². The Morgan fingerprint density at radius 3 is 2.47 bits per heavy atom. The van der Waals surface area contributed by atoms with Gasteiger partial charge in [-0.2, -0.15) is 0 Å². The quantitative estimate of drug-likeness (QED) is 0.729. The van der Waals surface area contributed by atoms with Crippen molar-refractivity contribution >= 4 is 0 Å². The van der Waals surface area contributed by atoms with E-state index in [1.165, 1.54) is 0 Å². The van der Waals surface area contributed by atoms with E-state index in [2.05, 4.69) is 0 Å². The lowest BCUT2D eigenvalue weighted by molar-refractivity contribution is -0.0969. The molecule has 0 saturated heterocycles. The van der Waals surface area contributed by atoms with Crippen LogP contribution < -0.4 is 0 Å². The van der Waals surface area contributed by atoms with Crippen molar-refractivity contribution in [1.82, 2.24) is 0 Å². The maximum Gasteiger partial charge on any atom is 0.271 e. The van der Waals surface area contributed by atoms with E-state index >= 15 is 0 Å². The second-order valence-corrected chi connectivity index (χ2v) is 5.32. The molecule has 1 saturated carbocycles. The van der Waals surface area contributed by atoms with Crippen molar-refractivity contribution in [2.45, 2.75) is 38.7 Å². The van der Waals surface area contributed by atoms with Crippen molar-refractivity contribution < 1.29 is 13.5 Å². The van der Waals surface area contributed by atoms with Gasteiger partial charge in [-0.05, 0) is 23.8 Å². The topological polar surface area (TPSA) is 9.23 Å². The van der Waals surface area contributed by atoms with Crippen molar-refractivity contribution in [3.8, 4) is 0 Å². The van der Waals surface area contributed by atoms with Crippen molar-refractivity contribution in [2.24, 2.45) is 5.41 Å². The van der Waals surface area contributed by atoms with Crippen LogP contribution in [0.5, 0.6) is 0 Å². The number of halogens is 2. The summed E-state index contributed by atoms with van der Waals surface area (Å²) in [7, 11) is 0.